The van der Waals surface area contributed by atoms with Crippen molar-refractivity contribution in [3.05, 3.63) is 0 Å². The van der Waals surface area contributed by atoms with Crippen molar-refractivity contribution < 1.29 is 14.2 Å². The SMILES string of the molecule is OC[C@@H]1CCOC[C@H]1F. The fraction of sp³-hybridized carbons (Fsp3) is 1.00. The van der Waals surface area contributed by atoms with Crippen LogP contribution in [0.25, 0.3) is 0 Å². The van der Waals surface area contributed by atoms with Gasteiger partial charge >= 0.3 is 0 Å². The van der Waals surface area contributed by atoms with Gasteiger partial charge in [0.1, 0.15) is 6.17 Å². The van der Waals surface area contributed by atoms with Gasteiger partial charge in [-0.3, -0.25) is 0 Å². The van der Waals surface area contributed by atoms with Gasteiger partial charge < -0.3 is 9.84 Å². The summed E-state index contributed by atoms with van der Waals surface area (Å²) in [5, 5.41) is 8.57. The van der Waals surface area contributed by atoms with Gasteiger partial charge in [-0.15, -0.1) is 0 Å². The Bertz CT molecular complexity index is 87.1. The van der Waals surface area contributed by atoms with Gasteiger partial charge in [-0.1, -0.05) is 0 Å². The van der Waals surface area contributed by atoms with Crippen molar-refractivity contribution in [3.63, 3.8) is 0 Å². The van der Waals surface area contributed by atoms with E-state index in [2.05, 4.69) is 0 Å². The molecule has 2 atom stereocenters. The molecule has 9 heavy (non-hydrogen) atoms. The molecule has 54 valence electrons. The third-order valence-corrected chi connectivity index (χ3v) is 1.66. The van der Waals surface area contributed by atoms with Gasteiger partial charge in [0, 0.05) is 19.1 Å². The molecule has 0 spiro atoms. The molecule has 1 aliphatic heterocycles. The van der Waals surface area contributed by atoms with Crippen LogP contribution < -0.4 is 0 Å². The van der Waals surface area contributed by atoms with Gasteiger partial charge in [-0.2, -0.15) is 0 Å². The Morgan fingerprint density at radius 1 is 1.67 bits per heavy atom. The first-order valence-corrected chi connectivity index (χ1v) is 3.17. The molecule has 3 heteroatoms. The molecule has 1 saturated heterocycles. The van der Waals surface area contributed by atoms with Crippen LogP contribution >= 0.6 is 0 Å². The summed E-state index contributed by atoms with van der Waals surface area (Å²) < 4.78 is 17.4. The number of hydrogen-bond donors (Lipinski definition) is 1. The molecule has 1 fully saturated rings. The van der Waals surface area contributed by atoms with E-state index >= 15 is 0 Å². The maximum absolute atomic E-state index is 12.6. The number of aliphatic hydroxyl groups is 1. The molecule has 1 rings (SSSR count). The summed E-state index contributed by atoms with van der Waals surface area (Å²) in [6.07, 6.45) is -0.304. The van der Waals surface area contributed by atoms with Crippen LogP contribution in [0.3, 0.4) is 0 Å². The van der Waals surface area contributed by atoms with E-state index < -0.39 is 6.17 Å². The summed E-state index contributed by atoms with van der Waals surface area (Å²) in [5.41, 5.74) is 0. The molecular weight excluding hydrogens is 123 g/mol. The molecule has 2 nitrogen and oxygen atoms in total. The van der Waals surface area contributed by atoms with Crippen LogP contribution in [0.2, 0.25) is 0 Å². The predicted molar refractivity (Wildman–Crippen MR) is 30.9 cm³/mol. The van der Waals surface area contributed by atoms with Crippen molar-refractivity contribution >= 4 is 0 Å². The minimum absolute atomic E-state index is 0.0511. The summed E-state index contributed by atoms with van der Waals surface area (Å²) in [5.74, 6) is -0.182. The molecule has 0 aromatic heterocycles. The molecule has 0 saturated carbocycles. The van der Waals surface area contributed by atoms with Crippen LogP contribution in [0.15, 0.2) is 0 Å². The maximum atomic E-state index is 12.6. The number of aliphatic hydroxyl groups excluding tert-OH is 1. The minimum atomic E-state index is -0.955. The highest BCUT2D eigenvalue weighted by atomic mass is 19.1. The molecule has 1 N–H and O–H groups in total. The summed E-state index contributed by atoms with van der Waals surface area (Å²) in [6, 6.07) is 0. The molecule has 0 amide bonds. The number of hydrogen-bond acceptors (Lipinski definition) is 2. The van der Waals surface area contributed by atoms with E-state index in [9.17, 15) is 4.39 Å². The standard InChI is InChI=1S/C6H11FO2/c7-6-4-9-2-1-5(6)3-8/h5-6,8H,1-4H2/t5-,6+/m0/s1. The van der Waals surface area contributed by atoms with Crippen LogP contribution in [0.4, 0.5) is 4.39 Å². The smallest absolute Gasteiger partial charge is 0.128 e. The van der Waals surface area contributed by atoms with Crippen molar-refractivity contribution in [3.8, 4) is 0 Å². The summed E-state index contributed by atoms with van der Waals surface area (Å²) in [7, 11) is 0. The Kier molecular flexibility index (Phi) is 2.42. The Morgan fingerprint density at radius 2 is 2.44 bits per heavy atom. The topological polar surface area (TPSA) is 29.5 Å². The average Bonchev–Trinajstić information content (AvgIpc) is 1.89. The molecule has 0 aromatic rings. The maximum Gasteiger partial charge on any atom is 0.128 e. The number of rotatable bonds is 1. The van der Waals surface area contributed by atoms with Crippen LogP contribution in [0.5, 0.6) is 0 Å². The van der Waals surface area contributed by atoms with Crippen LogP contribution in [0, 0.1) is 5.92 Å². The second kappa shape index (κ2) is 3.13. The van der Waals surface area contributed by atoms with Crippen LogP contribution in [-0.4, -0.2) is 31.1 Å². The van der Waals surface area contributed by atoms with Gasteiger partial charge in [0.05, 0.1) is 6.61 Å². The second-order valence-corrected chi connectivity index (χ2v) is 2.32. The fourth-order valence-corrected chi connectivity index (χ4v) is 0.953. The highest BCUT2D eigenvalue weighted by Gasteiger charge is 2.23. The van der Waals surface area contributed by atoms with E-state index in [0.717, 1.165) is 0 Å². The van der Waals surface area contributed by atoms with E-state index in [1.807, 2.05) is 0 Å². The van der Waals surface area contributed by atoms with Gasteiger partial charge in [0.2, 0.25) is 0 Å². The highest BCUT2D eigenvalue weighted by Crippen LogP contribution is 2.17. The number of halogens is 1. The Hall–Kier alpha value is -0.150. The largest absolute Gasteiger partial charge is 0.396 e. The summed E-state index contributed by atoms with van der Waals surface area (Å²) >= 11 is 0. The van der Waals surface area contributed by atoms with Gasteiger partial charge in [-0.05, 0) is 6.42 Å². The lowest BCUT2D eigenvalue weighted by Gasteiger charge is -2.23. The van der Waals surface area contributed by atoms with E-state index in [-0.39, 0.29) is 19.1 Å². The van der Waals surface area contributed by atoms with E-state index in [0.29, 0.717) is 13.0 Å². The Morgan fingerprint density at radius 3 is 2.89 bits per heavy atom. The van der Waals surface area contributed by atoms with Crippen LogP contribution in [-0.2, 0) is 4.74 Å². The predicted octanol–water partition coefficient (Wildman–Crippen LogP) is 0.353. The molecule has 1 heterocycles. The zero-order valence-corrected chi connectivity index (χ0v) is 5.22. The zero-order valence-electron chi connectivity index (χ0n) is 5.22. The first-order valence-electron chi connectivity index (χ1n) is 3.17. The van der Waals surface area contributed by atoms with Crippen molar-refractivity contribution in [2.24, 2.45) is 5.92 Å². The lowest BCUT2D eigenvalue weighted by molar-refractivity contribution is -0.0192. The molecule has 0 radical (unpaired) electrons. The lowest BCUT2D eigenvalue weighted by Crippen LogP contribution is -2.31. The summed E-state index contributed by atoms with van der Waals surface area (Å²) in [6.45, 7) is 0.696. The highest BCUT2D eigenvalue weighted by molar-refractivity contribution is 4.71. The molecule has 0 unspecified atom stereocenters. The van der Waals surface area contributed by atoms with Crippen molar-refractivity contribution in [2.45, 2.75) is 12.6 Å². The number of ether oxygens (including phenoxy) is 1. The molecule has 0 aromatic carbocycles. The monoisotopic (exact) mass is 134 g/mol. The molecular formula is C6H11FO2. The van der Waals surface area contributed by atoms with Gasteiger partial charge in [-0.25, -0.2) is 4.39 Å². The third kappa shape index (κ3) is 1.63. The van der Waals surface area contributed by atoms with Crippen molar-refractivity contribution in [2.75, 3.05) is 19.8 Å². The minimum Gasteiger partial charge on any atom is -0.396 e. The zero-order chi connectivity index (χ0) is 6.69. The summed E-state index contributed by atoms with van der Waals surface area (Å²) in [4.78, 5) is 0. The van der Waals surface area contributed by atoms with E-state index in [4.69, 9.17) is 9.84 Å². The Balaban J connectivity index is 2.30. The lowest BCUT2D eigenvalue weighted by atomic mass is 10.00. The van der Waals surface area contributed by atoms with Gasteiger partial charge in [0.15, 0.2) is 0 Å². The van der Waals surface area contributed by atoms with Crippen LogP contribution in [0.1, 0.15) is 6.42 Å². The second-order valence-electron chi connectivity index (χ2n) is 2.32. The molecule has 1 aliphatic rings. The first-order chi connectivity index (χ1) is 4.34. The van der Waals surface area contributed by atoms with E-state index in [1.165, 1.54) is 0 Å². The normalized spacial score (nSPS) is 36.7. The quantitative estimate of drug-likeness (QED) is 0.560. The fourth-order valence-electron chi connectivity index (χ4n) is 0.953. The average molecular weight is 134 g/mol. The molecule has 0 bridgehead atoms. The van der Waals surface area contributed by atoms with Gasteiger partial charge in [0.25, 0.3) is 0 Å². The van der Waals surface area contributed by atoms with E-state index in [1.54, 1.807) is 0 Å². The van der Waals surface area contributed by atoms with Crippen molar-refractivity contribution in [1.82, 2.24) is 0 Å². The van der Waals surface area contributed by atoms with Crippen molar-refractivity contribution in [1.29, 1.82) is 0 Å². The molecule has 0 aliphatic carbocycles. The Labute approximate surface area is 53.6 Å². The first kappa shape index (κ1) is 6.96. The third-order valence-electron chi connectivity index (χ3n) is 1.66. The number of alkyl halides is 1.